The van der Waals surface area contributed by atoms with Gasteiger partial charge in [-0.2, -0.15) is 0 Å². The van der Waals surface area contributed by atoms with Crippen LogP contribution in [0.1, 0.15) is 17.1 Å². The summed E-state index contributed by atoms with van der Waals surface area (Å²) in [5, 5.41) is 19.7. The zero-order valence-electron chi connectivity index (χ0n) is 10.8. The topological polar surface area (TPSA) is 100 Å². The van der Waals surface area contributed by atoms with Crippen molar-refractivity contribution in [2.45, 2.75) is 19.6 Å². The number of tetrazole rings is 1. The smallest absolute Gasteiger partial charge is 0.173 e. The molecule has 1 aromatic carbocycles. The molecule has 0 unspecified atom stereocenters. The maximum absolute atomic E-state index is 5.51. The Kier molecular flexibility index (Phi) is 3.46. The molecular weight excluding hydrogens is 256 g/mol. The van der Waals surface area contributed by atoms with Crippen molar-refractivity contribution in [3.8, 4) is 0 Å². The molecule has 0 aliphatic heterocycles. The standard InChI is InChI=1S/C12H14N8/c13-6-11-8-19(17-14-11)9-12-15-16-18-20(12)7-10-4-2-1-3-5-10/h1-5,8H,6-7,9,13H2. The molecule has 102 valence electrons. The van der Waals surface area contributed by atoms with Crippen LogP contribution in [0.15, 0.2) is 36.5 Å². The third-order valence-corrected chi connectivity index (χ3v) is 2.88. The predicted molar refractivity (Wildman–Crippen MR) is 70.4 cm³/mol. The van der Waals surface area contributed by atoms with E-state index in [-0.39, 0.29) is 0 Å². The summed E-state index contributed by atoms with van der Waals surface area (Å²) >= 11 is 0. The van der Waals surface area contributed by atoms with E-state index in [1.165, 1.54) is 0 Å². The van der Waals surface area contributed by atoms with Gasteiger partial charge in [-0.1, -0.05) is 35.5 Å². The molecule has 0 aliphatic carbocycles. The van der Waals surface area contributed by atoms with Crippen molar-refractivity contribution in [1.29, 1.82) is 0 Å². The lowest BCUT2D eigenvalue weighted by atomic mass is 10.2. The summed E-state index contributed by atoms with van der Waals surface area (Å²) in [6.07, 6.45) is 1.79. The molecule has 8 heteroatoms. The molecule has 0 saturated carbocycles. The van der Waals surface area contributed by atoms with Gasteiger partial charge in [-0.05, 0) is 16.0 Å². The Hall–Kier alpha value is -2.61. The number of nitrogens with two attached hydrogens (primary N) is 1. The highest BCUT2D eigenvalue weighted by molar-refractivity contribution is 5.14. The molecule has 3 rings (SSSR count). The van der Waals surface area contributed by atoms with Crippen LogP contribution in [-0.4, -0.2) is 35.2 Å². The summed E-state index contributed by atoms with van der Waals surface area (Å²) in [5.41, 5.74) is 7.39. The average molecular weight is 270 g/mol. The Morgan fingerprint density at radius 3 is 2.60 bits per heavy atom. The summed E-state index contributed by atoms with van der Waals surface area (Å²) in [4.78, 5) is 0. The fourth-order valence-electron chi connectivity index (χ4n) is 1.87. The van der Waals surface area contributed by atoms with Gasteiger partial charge in [0.2, 0.25) is 0 Å². The summed E-state index contributed by atoms with van der Waals surface area (Å²) in [5.74, 6) is 0.724. The fraction of sp³-hybridized carbons (Fsp3) is 0.250. The van der Waals surface area contributed by atoms with Crippen molar-refractivity contribution in [3.05, 3.63) is 53.6 Å². The van der Waals surface area contributed by atoms with Gasteiger partial charge in [-0.3, -0.25) is 0 Å². The van der Waals surface area contributed by atoms with Gasteiger partial charge in [-0.25, -0.2) is 9.36 Å². The van der Waals surface area contributed by atoms with Gasteiger partial charge >= 0.3 is 0 Å². The monoisotopic (exact) mass is 270 g/mol. The van der Waals surface area contributed by atoms with Gasteiger partial charge in [0.1, 0.15) is 6.54 Å². The molecular formula is C12H14N8. The van der Waals surface area contributed by atoms with E-state index in [4.69, 9.17) is 5.73 Å². The molecule has 8 nitrogen and oxygen atoms in total. The Balaban J connectivity index is 1.76. The van der Waals surface area contributed by atoms with Crippen LogP contribution < -0.4 is 5.73 Å². The van der Waals surface area contributed by atoms with Gasteiger partial charge in [-0.15, -0.1) is 10.2 Å². The van der Waals surface area contributed by atoms with Crippen molar-refractivity contribution >= 4 is 0 Å². The molecule has 2 heterocycles. The van der Waals surface area contributed by atoms with Crippen LogP contribution in [0.2, 0.25) is 0 Å². The zero-order valence-corrected chi connectivity index (χ0v) is 10.8. The Bertz CT molecular complexity index is 672. The van der Waals surface area contributed by atoms with Crippen LogP contribution in [0.5, 0.6) is 0 Å². The largest absolute Gasteiger partial charge is 0.325 e. The minimum absolute atomic E-state index is 0.370. The fourth-order valence-corrected chi connectivity index (χ4v) is 1.87. The predicted octanol–water partition coefficient (Wildman–Crippen LogP) is -0.180. The van der Waals surface area contributed by atoms with E-state index in [9.17, 15) is 0 Å². The molecule has 0 spiro atoms. The summed E-state index contributed by atoms with van der Waals surface area (Å²) in [7, 11) is 0. The number of aromatic nitrogens is 7. The number of hydrogen-bond donors (Lipinski definition) is 1. The van der Waals surface area contributed by atoms with Crippen molar-refractivity contribution in [2.75, 3.05) is 0 Å². The molecule has 2 aromatic heterocycles. The van der Waals surface area contributed by atoms with Crippen molar-refractivity contribution in [1.82, 2.24) is 35.2 Å². The van der Waals surface area contributed by atoms with Gasteiger partial charge < -0.3 is 5.73 Å². The molecule has 3 aromatic rings. The van der Waals surface area contributed by atoms with Crippen LogP contribution in [-0.2, 0) is 19.6 Å². The Labute approximate surface area is 115 Å². The molecule has 0 bridgehead atoms. The third kappa shape index (κ3) is 2.69. The first-order valence-corrected chi connectivity index (χ1v) is 6.23. The minimum Gasteiger partial charge on any atom is -0.325 e. The number of nitrogens with zero attached hydrogens (tertiary/aromatic N) is 7. The summed E-state index contributed by atoms with van der Waals surface area (Å²) < 4.78 is 3.43. The average Bonchev–Trinajstić information content (AvgIpc) is 3.10. The van der Waals surface area contributed by atoms with Crippen LogP contribution in [0.4, 0.5) is 0 Å². The van der Waals surface area contributed by atoms with E-state index >= 15 is 0 Å². The highest BCUT2D eigenvalue weighted by Gasteiger charge is 2.08. The zero-order chi connectivity index (χ0) is 13.8. The first-order valence-electron chi connectivity index (χ1n) is 6.23. The molecule has 0 fully saturated rings. The number of benzene rings is 1. The quantitative estimate of drug-likeness (QED) is 0.690. The number of hydrogen-bond acceptors (Lipinski definition) is 6. The molecule has 2 N–H and O–H groups in total. The van der Waals surface area contributed by atoms with E-state index in [2.05, 4.69) is 25.8 Å². The highest BCUT2D eigenvalue weighted by atomic mass is 15.6. The number of rotatable bonds is 5. The lowest BCUT2D eigenvalue weighted by Gasteiger charge is -2.04. The Morgan fingerprint density at radius 2 is 1.85 bits per heavy atom. The summed E-state index contributed by atoms with van der Waals surface area (Å²) in [6, 6.07) is 10.0. The van der Waals surface area contributed by atoms with Gasteiger partial charge in [0.25, 0.3) is 0 Å². The first-order chi connectivity index (χ1) is 9.85. The molecule has 0 aliphatic rings. The SMILES string of the molecule is NCc1cn(Cc2nnnn2Cc2ccccc2)nn1. The molecule has 20 heavy (non-hydrogen) atoms. The van der Waals surface area contributed by atoms with Crippen LogP contribution in [0, 0.1) is 0 Å². The van der Waals surface area contributed by atoms with Gasteiger partial charge in [0.05, 0.1) is 18.4 Å². The van der Waals surface area contributed by atoms with Crippen LogP contribution in [0.25, 0.3) is 0 Å². The minimum atomic E-state index is 0.370. The normalized spacial score (nSPS) is 10.8. The van der Waals surface area contributed by atoms with Crippen molar-refractivity contribution < 1.29 is 0 Å². The van der Waals surface area contributed by atoms with E-state index in [0.29, 0.717) is 19.6 Å². The van der Waals surface area contributed by atoms with E-state index in [0.717, 1.165) is 17.1 Å². The first kappa shape index (κ1) is 12.4. The van der Waals surface area contributed by atoms with Crippen LogP contribution >= 0.6 is 0 Å². The van der Waals surface area contributed by atoms with Gasteiger partial charge in [0.15, 0.2) is 5.82 Å². The van der Waals surface area contributed by atoms with Crippen molar-refractivity contribution in [2.24, 2.45) is 5.73 Å². The lowest BCUT2D eigenvalue weighted by molar-refractivity contribution is 0.564. The van der Waals surface area contributed by atoms with Gasteiger partial charge in [0, 0.05) is 6.54 Å². The highest BCUT2D eigenvalue weighted by Crippen LogP contribution is 2.04. The van der Waals surface area contributed by atoms with E-state index in [1.807, 2.05) is 30.3 Å². The third-order valence-electron chi connectivity index (χ3n) is 2.88. The molecule has 0 radical (unpaired) electrons. The summed E-state index contributed by atoms with van der Waals surface area (Å²) in [6.45, 7) is 1.46. The maximum atomic E-state index is 5.51. The molecule has 0 atom stereocenters. The second kappa shape index (κ2) is 5.57. The van der Waals surface area contributed by atoms with E-state index < -0.39 is 0 Å². The second-order valence-corrected chi connectivity index (χ2v) is 4.35. The molecule has 0 amide bonds. The van der Waals surface area contributed by atoms with E-state index in [1.54, 1.807) is 15.6 Å². The lowest BCUT2D eigenvalue weighted by Crippen LogP contribution is -2.11. The van der Waals surface area contributed by atoms with Crippen LogP contribution in [0.3, 0.4) is 0 Å². The Morgan fingerprint density at radius 1 is 1.00 bits per heavy atom. The maximum Gasteiger partial charge on any atom is 0.173 e. The molecule has 0 saturated heterocycles. The van der Waals surface area contributed by atoms with Crippen molar-refractivity contribution in [3.63, 3.8) is 0 Å². The second-order valence-electron chi connectivity index (χ2n) is 4.35.